The van der Waals surface area contributed by atoms with Gasteiger partial charge in [0.15, 0.2) is 11.5 Å². The van der Waals surface area contributed by atoms with E-state index < -0.39 is 20.0 Å². The molecular weight excluding hydrogens is 566 g/mol. The van der Waals surface area contributed by atoms with Gasteiger partial charge < -0.3 is 19.1 Å². The molecule has 0 bridgehead atoms. The first-order valence-electron chi connectivity index (χ1n) is 11.9. The van der Waals surface area contributed by atoms with Crippen LogP contribution in [0.3, 0.4) is 0 Å². The van der Waals surface area contributed by atoms with E-state index in [2.05, 4.69) is 14.3 Å². The molecule has 0 radical (unpaired) electrons. The molecule has 4 rings (SSSR count). The molecule has 1 aliphatic heterocycles. The van der Waals surface area contributed by atoms with E-state index in [1.165, 1.54) is 38.5 Å². The number of ether oxygens (including phenoxy) is 3. The van der Waals surface area contributed by atoms with E-state index in [0.29, 0.717) is 16.3 Å². The molecule has 210 valence electrons. The van der Waals surface area contributed by atoms with Crippen molar-refractivity contribution in [3.05, 3.63) is 59.6 Å². The van der Waals surface area contributed by atoms with Gasteiger partial charge in [0.25, 0.3) is 10.0 Å². The summed E-state index contributed by atoms with van der Waals surface area (Å²) < 4.78 is 74.6. The molecule has 1 atom stereocenters. The SMILES string of the molecule is COc1cc(-c2ccccc2)c(S(=O)(=O)Nc2ccc(Cl)c(O[C@@H]3CCN(C)C3)c2)c(NS(C)(=O)=O)c1OC. The van der Waals surface area contributed by atoms with Crippen molar-refractivity contribution in [3.63, 3.8) is 0 Å². The number of rotatable bonds is 10. The predicted molar refractivity (Wildman–Crippen MR) is 152 cm³/mol. The van der Waals surface area contributed by atoms with Crippen LogP contribution in [-0.4, -0.2) is 68.5 Å². The molecule has 0 aromatic heterocycles. The highest BCUT2D eigenvalue weighted by Crippen LogP contribution is 2.47. The van der Waals surface area contributed by atoms with Gasteiger partial charge in [-0.05, 0) is 37.2 Å². The molecule has 3 aromatic rings. The minimum atomic E-state index is -4.44. The molecular formula is C26H30ClN3O7S2. The third-order valence-corrected chi connectivity index (χ3v) is 8.44. The van der Waals surface area contributed by atoms with Crippen LogP contribution in [0.2, 0.25) is 5.02 Å². The van der Waals surface area contributed by atoms with E-state index in [1.54, 1.807) is 30.3 Å². The van der Waals surface area contributed by atoms with Crippen LogP contribution in [0.4, 0.5) is 11.4 Å². The molecule has 0 amide bonds. The Morgan fingerprint density at radius 3 is 2.26 bits per heavy atom. The molecule has 0 aliphatic carbocycles. The van der Waals surface area contributed by atoms with Crippen molar-refractivity contribution in [2.75, 3.05) is 50.1 Å². The summed E-state index contributed by atoms with van der Waals surface area (Å²) >= 11 is 6.35. The van der Waals surface area contributed by atoms with Gasteiger partial charge in [-0.1, -0.05) is 41.9 Å². The highest BCUT2D eigenvalue weighted by atomic mass is 35.5. The van der Waals surface area contributed by atoms with Crippen molar-refractivity contribution in [3.8, 4) is 28.4 Å². The van der Waals surface area contributed by atoms with Gasteiger partial charge >= 0.3 is 0 Å². The first-order chi connectivity index (χ1) is 18.4. The van der Waals surface area contributed by atoms with Crippen LogP contribution in [0.5, 0.6) is 17.2 Å². The Bertz CT molecular complexity index is 1570. The summed E-state index contributed by atoms with van der Waals surface area (Å²) in [4.78, 5) is 1.79. The van der Waals surface area contributed by atoms with Crippen molar-refractivity contribution in [2.45, 2.75) is 17.4 Å². The Morgan fingerprint density at radius 1 is 0.949 bits per heavy atom. The van der Waals surface area contributed by atoms with Crippen LogP contribution < -0.4 is 23.7 Å². The van der Waals surface area contributed by atoms with Gasteiger partial charge in [0.05, 0.1) is 31.2 Å². The maximum Gasteiger partial charge on any atom is 0.264 e. The highest BCUT2D eigenvalue weighted by molar-refractivity contribution is 7.93. The van der Waals surface area contributed by atoms with Gasteiger partial charge in [-0.3, -0.25) is 9.44 Å². The number of halogens is 1. The lowest BCUT2D eigenvalue weighted by molar-refractivity contribution is 0.208. The molecule has 1 fully saturated rings. The van der Waals surface area contributed by atoms with Gasteiger partial charge in [0.2, 0.25) is 10.0 Å². The van der Waals surface area contributed by atoms with Gasteiger partial charge in [-0.2, -0.15) is 0 Å². The summed E-state index contributed by atoms with van der Waals surface area (Å²) in [5.74, 6) is 0.390. The average Bonchev–Trinajstić information content (AvgIpc) is 3.29. The van der Waals surface area contributed by atoms with Crippen LogP contribution in [0.25, 0.3) is 11.1 Å². The first kappa shape index (κ1) is 28.8. The minimum absolute atomic E-state index is 0.0829. The van der Waals surface area contributed by atoms with E-state index in [-0.39, 0.29) is 39.4 Å². The summed E-state index contributed by atoms with van der Waals surface area (Å²) in [6.07, 6.45) is 1.65. The molecule has 0 unspecified atom stereocenters. The Balaban J connectivity index is 1.86. The van der Waals surface area contributed by atoms with Crippen LogP contribution in [0.1, 0.15) is 6.42 Å². The summed E-state index contributed by atoms with van der Waals surface area (Å²) in [7, 11) is -3.72. The molecule has 0 saturated carbocycles. The number of methoxy groups -OCH3 is 2. The summed E-state index contributed by atoms with van der Waals surface area (Å²) in [6.45, 7) is 1.60. The van der Waals surface area contributed by atoms with Crippen molar-refractivity contribution < 1.29 is 31.0 Å². The number of likely N-dealkylation sites (tertiary alicyclic amines) is 1. The molecule has 1 saturated heterocycles. The van der Waals surface area contributed by atoms with Crippen LogP contribution >= 0.6 is 11.6 Å². The lowest BCUT2D eigenvalue weighted by Crippen LogP contribution is -2.22. The molecule has 39 heavy (non-hydrogen) atoms. The van der Waals surface area contributed by atoms with E-state index in [0.717, 1.165) is 25.8 Å². The molecule has 1 heterocycles. The van der Waals surface area contributed by atoms with Crippen molar-refractivity contribution in [1.82, 2.24) is 4.90 Å². The fourth-order valence-electron chi connectivity index (χ4n) is 4.40. The van der Waals surface area contributed by atoms with E-state index in [4.69, 9.17) is 25.8 Å². The number of nitrogens with zero attached hydrogens (tertiary/aromatic N) is 1. The number of sulfonamides is 2. The predicted octanol–water partition coefficient (Wildman–Crippen LogP) is 4.28. The van der Waals surface area contributed by atoms with E-state index >= 15 is 0 Å². The molecule has 1 aliphatic rings. The number of likely N-dealkylation sites (N-methyl/N-ethyl adjacent to an activating group) is 1. The zero-order valence-corrected chi connectivity index (χ0v) is 24.3. The topological polar surface area (TPSA) is 123 Å². The van der Waals surface area contributed by atoms with E-state index in [1.807, 2.05) is 7.05 Å². The number of benzene rings is 3. The lowest BCUT2D eigenvalue weighted by atomic mass is 10.0. The third-order valence-electron chi connectivity index (χ3n) is 6.09. The Labute approximate surface area is 233 Å². The second kappa shape index (κ2) is 11.5. The summed E-state index contributed by atoms with van der Waals surface area (Å²) in [6, 6.07) is 14.7. The maximum absolute atomic E-state index is 14.0. The second-order valence-corrected chi connectivity index (χ2v) is 12.9. The van der Waals surface area contributed by atoms with Gasteiger partial charge in [-0.25, -0.2) is 16.8 Å². The zero-order chi connectivity index (χ0) is 28.4. The second-order valence-electron chi connectivity index (χ2n) is 9.15. The minimum Gasteiger partial charge on any atom is -0.493 e. The quantitative estimate of drug-likeness (QED) is 0.356. The van der Waals surface area contributed by atoms with Crippen molar-refractivity contribution >= 4 is 43.0 Å². The fraction of sp³-hybridized carbons (Fsp3) is 0.308. The fourth-order valence-corrected chi connectivity index (χ4v) is 6.61. The van der Waals surface area contributed by atoms with Crippen LogP contribution in [0.15, 0.2) is 59.5 Å². The molecule has 10 nitrogen and oxygen atoms in total. The maximum atomic E-state index is 14.0. The van der Waals surface area contributed by atoms with Crippen molar-refractivity contribution in [1.29, 1.82) is 0 Å². The Kier molecular flexibility index (Phi) is 8.50. The largest absolute Gasteiger partial charge is 0.493 e. The number of nitrogens with one attached hydrogen (secondary N) is 2. The van der Waals surface area contributed by atoms with E-state index in [9.17, 15) is 16.8 Å². The first-order valence-corrected chi connectivity index (χ1v) is 15.7. The van der Waals surface area contributed by atoms with Gasteiger partial charge in [-0.15, -0.1) is 0 Å². The Hall–Kier alpha value is -3.19. The van der Waals surface area contributed by atoms with Crippen LogP contribution in [0, 0.1) is 0 Å². The Morgan fingerprint density at radius 2 is 1.67 bits per heavy atom. The standard InChI is InChI=1S/C26H30ClN3O7S2/c1-30-13-12-19(16-30)37-22-14-18(10-11-21(22)27)28-39(33,34)26-20(17-8-6-5-7-9-17)15-23(35-2)25(36-3)24(26)29-38(4,31)32/h5-11,14-15,19,28-29H,12-13,16H2,1-4H3/t19-/m1/s1. The zero-order valence-electron chi connectivity index (χ0n) is 21.9. The van der Waals surface area contributed by atoms with Gasteiger partial charge in [0, 0.05) is 24.7 Å². The van der Waals surface area contributed by atoms with Crippen LogP contribution in [-0.2, 0) is 20.0 Å². The lowest BCUT2D eigenvalue weighted by Gasteiger charge is -2.22. The van der Waals surface area contributed by atoms with Gasteiger partial charge in [0.1, 0.15) is 22.4 Å². The number of anilines is 2. The molecule has 0 spiro atoms. The summed E-state index contributed by atoms with van der Waals surface area (Å²) in [5.41, 5.74) is 0.608. The third kappa shape index (κ3) is 6.70. The molecule has 2 N–H and O–H groups in total. The molecule has 3 aromatic carbocycles. The van der Waals surface area contributed by atoms with Crippen molar-refractivity contribution in [2.24, 2.45) is 0 Å². The normalized spacial score (nSPS) is 16.1. The number of hydrogen-bond acceptors (Lipinski definition) is 8. The smallest absolute Gasteiger partial charge is 0.264 e. The summed E-state index contributed by atoms with van der Waals surface area (Å²) in [5, 5.41) is 0.336. The average molecular weight is 596 g/mol. The number of hydrogen-bond donors (Lipinski definition) is 2. The molecule has 13 heteroatoms. The monoisotopic (exact) mass is 595 g/mol. The highest BCUT2D eigenvalue weighted by Gasteiger charge is 2.31.